The Morgan fingerprint density at radius 2 is 1.94 bits per heavy atom. The Kier molecular flexibility index (Phi) is 5.55. The highest BCUT2D eigenvalue weighted by Gasteiger charge is 2.13. The predicted molar refractivity (Wildman–Crippen MR) is 66.8 cm³/mol. The average Bonchev–Trinajstić information content (AvgIpc) is 2.28. The Bertz CT molecular complexity index is 380. The van der Waals surface area contributed by atoms with Crippen molar-refractivity contribution in [3.05, 3.63) is 34.9 Å². The minimum Gasteiger partial charge on any atom is -0.294 e. The second-order valence-electron chi connectivity index (χ2n) is 3.26. The smallest absolute Gasteiger partial charge is 0.263 e. The van der Waals surface area contributed by atoms with Gasteiger partial charge in [-0.3, -0.25) is 4.79 Å². The molecule has 1 aromatic rings. The molecular weight excluding hydrogens is 346 g/mol. The van der Waals surface area contributed by atoms with Crippen LogP contribution in [0, 0.1) is 0 Å². The Balaban J connectivity index is 3.08. The molecule has 0 bridgehead atoms. The lowest BCUT2D eigenvalue weighted by atomic mass is 10.0. The Hall–Kier alpha value is -0.290. The number of hydrogen-bond donors (Lipinski definition) is 0. The van der Waals surface area contributed by atoms with Crippen LogP contribution < -0.4 is 0 Å². The van der Waals surface area contributed by atoms with E-state index < -0.39 is 6.43 Å². The average molecular weight is 356 g/mol. The number of benzene rings is 1. The van der Waals surface area contributed by atoms with Gasteiger partial charge < -0.3 is 0 Å². The summed E-state index contributed by atoms with van der Waals surface area (Å²) in [6, 6.07) is 4.32. The molecule has 88 valence electrons. The second-order valence-corrected chi connectivity index (χ2v) is 4.61. The molecule has 0 amide bonds. The first kappa shape index (κ1) is 13.8. The quantitative estimate of drug-likeness (QED) is 0.562. The highest BCUT2D eigenvalue weighted by atomic mass is 79.9. The molecule has 0 radical (unpaired) electrons. The lowest BCUT2D eigenvalue weighted by molar-refractivity contribution is 0.0989. The van der Waals surface area contributed by atoms with Crippen molar-refractivity contribution >= 4 is 37.6 Å². The van der Waals surface area contributed by atoms with Gasteiger partial charge >= 0.3 is 0 Å². The maximum absolute atomic E-state index is 12.6. The molecule has 1 rings (SSSR count). The molecule has 0 fully saturated rings. The highest BCUT2D eigenvalue weighted by Crippen LogP contribution is 2.23. The summed E-state index contributed by atoms with van der Waals surface area (Å²) < 4.78 is 25.2. The SMILES string of the molecule is O=C(CCBr)c1cc(CBr)cc(C(F)F)c1. The molecule has 0 saturated heterocycles. The number of Topliss-reactive ketones (excluding diaryl/α,β-unsaturated/α-hetero) is 1. The van der Waals surface area contributed by atoms with E-state index in [4.69, 9.17) is 0 Å². The Labute approximate surface area is 109 Å². The van der Waals surface area contributed by atoms with Crippen LogP contribution in [-0.4, -0.2) is 11.1 Å². The first-order chi connectivity index (χ1) is 7.58. The van der Waals surface area contributed by atoms with Crippen molar-refractivity contribution < 1.29 is 13.6 Å². The third-order valence-corrected chi connectivity index (χ3v) is 3.11. The van der Waals surface area contributed by atoms with Crippen molar-refractivity contribution in [3.63, 3.8) is 0 Å². The molecule has 0 unspecified atom stereocenters. The van der Waals surface area contributed by atoms with Crippen LogP contribution in [0.1, 0.15) is 34.3 Å². The van der Waals surface area contributed by atoms with Crippen LogP contribution in [0.3, 0.4) is 0 Å². The van der Waals surface area contributed by atoms with E-state index in [0.29, 0.717) is 28.2 Å². The zero-order chi connectivity index (χ0) is 12.1. The van der Waals surface area contributed by atoms with E-state index in [1.54, 1.807) is 6.07 Å². The number of rotatable bonds is 5. The summed E-state index contributed by atoms with van der Waals surface area (Å²) in [4.78, 5) is 11.6. The monoisotopic (exact) mass is 354 g/mol. The summed E-state index contributed by atoms with van der Waals surface area (Å²) in [6.07, 6.45) is -2.23. The van der Waals surface area contributed by atoms with Gasteiger partial charge in [0.05, 0.1) is 0 Å². The van der Waals surface area contributed by atoms with Crippen LogP contribution in [0.15, 0.2) is 18.2 Å². The van der Waals surface area contributed by atoms with Crippen molar-refractivity contribution in [1.82, 2.24) is 0 Å². The molecule has 16 heavy (non-hydrogen) atoms. The first-order valence-electron chi connectivity index (χ1n) is 4.65. The van der Waals surface area contributed by atoms with Gasteiger partial charge in [0.25, 0.3) is 6.43 Å². The predicted octanol–water partition coefficient (Wildman–Crippen LogP) is 4.49. The van der Waals surface area contributed by atoms with Crippen LogP contribution in [0.25, 0.3) is 0 Å². The van der Waals surface area contributed by atoms with E-state index in [0.717, 1.165) is 0 Å². The fraction of sp³-hybridized carbons (Fsp3) is 0.364. The largest absolute Gasteiger partial charge is 0.294 e. The molecule has 1 nitrogen and oxygen atoms in total. The topological polar surface area (TPSA) is 17.1 Å². The third-order valence-electron chi connectivity index (χ3n) is 2.06. The molecule has 0 heterocycles. The van der Waals surface area contributed by atoms with Gasteiger partial charge in [0.15, 0.2) is 5.78 Å². The number of halogens is 4. The van der Waals surface area contributed by atoms with Crippen LogP contribution in [0.2, 0.25) is 0 Å². The molecule has 0 aliphatic heterocycles. The van der Waals surface area contributed by atoms with Crippen LogP contribution in [0.5, 0.6) is 0 Å². The van der Waals surface area contributed by atoms with Crippen LogP contribution in [-0.2, 0) is 5.33 Å². The van der Waals surface area contributed by atoms with E-state index >= 15 is 0 Å². The third kappa shape index (κ3) is 3.63. The van der Waals surface area contributed by atoms with Crippen molar-refractivity contribution in [3.8, 4) is 0 Å². The number of carbonyl (C=O) groups excluding carboxylic acids is 1. The van der Waals surface area contributed by atoms with Crippen LogP contribution in [0.4, 0.5) is 8.78 Å². The van der Waals surface area contributed by atoms with E-state index in [-0.39, 0.29) is 11.3 Å². The van der Waals surface area contributed by atoms with E-state index in [1.165, 1.54) is 12.1 Å². The minimum atomic E-state index is -2.55. The molecule has 0 aliphatic carbocycles. The lowest BCUT2D eigenvalue weighted by Gasteiger charge is -2.06. The standard InChI is InChI=1S/C11H10Br2F2O/c12-2-1-10(16)8-3-7(6-13)4-9(5-8)11(14)15/h3-5,11H,1-2,6H2. The normalized spacial score (nSPS) is 10.8. The number of ketones is 1. The van der Waals surface area contributed by atoms with E-state index in [2.05, 4.69) is 31.9 Å². The molecule has 0 aliphatic rings. The molecule has 0 atom stereocenters. The maximum Gasteiger partial charge on any atom is 0.263 e. The highest BCUT2D eigenvalue weighted by molar-refractivity contribution is 9.09. The summed E-state index contributed by atoms with van der Waals surface area (Å²) in [5, 5.41) is 0.997. The molecule has 0 N–H and O–H groups in total. The van der Waals surface area contributed by atoms with Gasteiger partial charge in [-0.25, -0.2) is 8.78 Å². The van der Waals surface area contributed by atoms with Crippen molar-refractivity contribution in [2.24, 2.45) is 0 Å². The number of carbonyl (C=O) groups is 1. The molecular formula is C11H10Br2F2O. The van der Waals surface area contributed by atoms with Crippen molar-refractivity contribution in [2.75, 3.05) is 5.33 Å². The molecule has 1 aromatic carbocycles. The van der Waals surface area contributed by atoms with Gasteiger partial charge in [-0.15, -0.1) is 0 Å². The molecule has 0 aromatic heterocycles. The van der Waals surface area contributed by atoms with Gasteiger partial charge in [-0.1, -0.05) is 31.9 Å². The summed E-state index contributed by atoms with van der Waals surface area (Å²) in [6.45, 7) is 0. The van der Waals surface area contributed by atoms with Crippen molar-refractivity contribution in [1.29, 1.82) is 0 Å². The van der Waals surface area contributed by atoms with E-state index in [9.17, 15) is 13.6 Å². The van der Waals surface area contributed by atoms with Gasteiger partial charge in [0.2, 0.25) is 0 Å². The fourth-order valence-corrected chi connectivity index (χ4v) is 2.00. The minimum absolute atomic E-state index is 0.102. The van der Waals surface area contributed by atoms with Gasteiger partial charge in [0, 0.05) is 28.2 Å². The molecule has 0 saturated carbocycles. The lowest BCUT2D eigenvalue weighted by Crippen LogP contribution is -2.02. The Morgan fingerprint density at radius 3 is 2.44 bits per heavy atom. The Morgan fingerprint density at radius 1 is 1.25 bits per heavy atom. The van der Waals surface area contributed by atoms with Crippen molar-refractivity contribution in [2.45, 2.75) is 18.2 Å². The zero-order valence-electron chi connectivity index (χ0n) is 8.35. The van der Waals surface area contributed by atoms with Gasteiger partial charge in [-0.2, -0.15) is 0 Å². The second kappa shape index (κ2) is 6.45. The summed E-state index contributed by atoms with van der Waals surface area (Å²) in [7, 11) is 0. The van der Waals surface area contributed by atoms with Gasteiger partial charge in [-0.05, 0) is 23.8 Å². The maximum atomic E-state index is 12.6. The van der Waals surface area contributed by atoms with E-state index in [1.807, 2.05) is 0 Å². The fourth-order valence-electron chi connectivity index (χ4n) is 1.31. The van der Waals surface area contributed by atoms with Crippen LogP contribution >= 0.6 is 31.9 Å². The number of alkyl halides is 4. The molecule has 5 heteroatoms. The summed E-state index contributed by atoms with van der Waals surface area (Å²) in [5.41, 5.74) is 0.942. The summed E-state index contributed by atoms with van der Waals surface area (Å²) in [5.74, 6) is -0.124. The van der Waals surface area contributed by atoms with Gasteiger partial charge in [0.1, 0.15) is 0 Å². The zero-order valence-corrected chi connectivity index (χ0v) is 11.5. The first-order valence-corrected chi connectivity index (χ1v) is 6.90. The number of hydrogen-bond acceptors (Lipinski definition) is 1. The molecule has 0 spiro atoms. The summed E-state index contributed by atoms with van der Waals surface area (Å²) >= 11 is 6.35.